The van der Waals surface area contributed by atoms with Crippen molar-refractivity contribution < 1.29 is 4.39 Å². The number of aromatic nitrogens is 1. The lowest BCUT2D eigenvalue weighted by Gasteiger charge is -2.07. The van der Waals surface area contributed by atoms with Crippen molar-refractivity contribution >= 4 is 47.4 Å². The average molecular weight is 309 g/mol. The van der Waals surface area contributed by atoms with Crippen molar-refractivity contribution in [3.8, 4) is 11.3 Å². The lowest BCUT2D eigenvalue weighted by Crippen LogP contribution is -1.90. The van der Waals surface area contributed by atoms with Crippen LogP contribution in [0.5, 0.6) is 0 Å². The Morgan fingerprint density at radius 2 is 1.76 bits per heavy atom. The van der Waals surface area contributed by atoms with Crippen molar-refractivity contribution in [2.45, 2.75) is 4.90 Å². The molecular weight excluding hydrogens is 304 g/mol. The molecule has 0 N–H and O–H groups in total. The zero-order valence-electron chi connectivity index (χ0n) is 8.22. The fourth-order valence-electron chi connectivity index (χ4n) is 1.33. The highest BCUT2D eigenvalue weighted by Crippen LogP contribution is 2.33. The van der Waals surface area contributed by atoms with Crippen molar-refractivity contribution in [2.75, 3.05) is 0 Å². The van der Waals surface area contributed by atoms with Gasteiger partial charge in [0.2, 0.25) is 0 Å². The van der Waals surface area contributed by atoms with Crippen LogP contribution in [0.25, 0.3) is 11.3 Å². The molecule has 0 atom stereocenters. The Morgan fingerprint density at radius 3 is 2.41 bits per heavy atom. The third-order valence-corrected chi connectivity index (χ3v) is 3.41. The van der Waals surface area contributed by atoms with E-state index in [-0.39, 0.29) is 15.6 Å². The normalized spacial score (nSPS) is 10.6. The molecule has 0 saturated heterocycles. The summed E-state index contributed by atoms with van der Waals surface area (Å²) < 4.78 is 13.7. The van der Waals surface area contributed by atoms with Crippen LogP contribution in [0.4, 0.5) is 4.39 Å². The van der Waals surface area contributed by atoms with Gasteiger partial charge in [0, 0.05) is 16.7 Å². The fraction of sp³-hybridized carbons (Fsp3) is 0. The molecule has 88 valence electrons. The molecule has 1 nitrogen and oxygen atoms in total. The van der Waals surface area contributed by atoms with Gasteiger partial charge < -0.3 is 0 Å². The number of hydrogen-bond acceptors (Lipinski definition) is 2. The summed E-state index contributed by atoms with van der Waals surface area (Å²) in [6.45, 7) is 0. The summed E-state index contributed by atoms with van der Waals surface area (Å²) in [6, 6.07) is 4.15. The minimum absolute atomic E-state index is 0.236. The van der Waals surface area contributed by atoms with Crippen molar-refractivity contribution in [3.05, 3.63) is 45.3 Å². The lowest BCUT2D eigenvalue weighted by atomic mass is 10.1. The first-order chi connectivity index (χ1) is 7.99. The number of pyridine rings is 1. The number of hydrogen-bond donors (Lipinski definition) is 1. The number of thiol groups is 1. The van der Waals surface area contributed by atoms with E-state index >= 15 is 0 Å². The van der Waals surface area contributed by atoms with Gasteiger partial charge in [-0.05, 0) is 18.2 Å². The standard InChI is InChI=1S/C11H5Cl3FNS/c12-5-1-8(14)11(16-4-5)6-2-10(17)7(13)3-9(6)15/h1-4,17H. The molecule has 2 rings (SSSR count). The molecule has 0 unspecified atom stereocenters. The SMILES string of the molecule is Fc1cc(Cl)c(S)cc1-c1ncc(Cl)cc1Cl. The Hall–Kier alpha value is -0.480. The average Bonchev–Trinajstić information content (AvgIpc) is 2.24. The molecule has 1 aromatic heterocycles. The summed E-state index contributed by atoms with van der Waals surface area (Å²) in [7, 11) is 0. The number of benzene rings is 1. The minimum Gasteiger partial charge on any atom is -0.253 e. The van der Waals surface area contributed by atoms with Crippen LogP contribution < -0.4 is 0 Å². The smallest absolute Gasteiger partial charge is 0.134 e. The second kappa shape index (κ2) is 5.02. The molecule has 2 aromatic rings. The molecule has 0 amide bonds. The van der Waals surface area contributed by atoms with Crippen LogP contribution in [0.2, 0.25) is 15.1 Å². The van der Waals surface area contributed by atoms with Crippen LogP contribution in [-0.2, 0) is 0 Å². The quantitative estimate of drug-likeness (QED) is 0.720. The summed E-state index contributed by atoms with van der Waals surface area (Å²) in [5.41, 5.74) is 0.543. The maximum Gasteiger partial charge on any atom is 0.134 e. The van der Waals surface area contributed by atoms with E-state index in [1.165, 1.54) is 24.4 Å². The first-order valence-electron chi connectivity index (χ1n) is 4.48. The third kappa shape index (κ3) is 2.68. The molecule has 0 bridgehead atoms. The molecule has 0 aliphatic heterocycles. The van der Waals surface area contributed by atoms with E-state index in [4.69, 9.17) is 34.8 Å². The zero-order valence-corrected chi connectivity index (χ0v) is 11.4. The van der Waals surface area contributed by atoms with Gasteiger partial charge in [0.25, 0.3) is 0 Å². The predicted molar refractivity (Wildman–Crippen MR) is 71.9 cm³/mol. The molecule has 0 aliphatic carbocycles. The molecule has 0 aliphatic rings. The number of rotatable bonds is 1. The lowest BCUT2D eigenvalue weighted by molar-refractivity contribution is 0.629. The Balaban J connectivity index is 2.64. The van der Waals surface area contributed by atoms with Gasteiger partial charge in [-0.15, -0.1) is 12.6 Å². The molecule has 6 heteroatoms. The molecule has 17 heavy (non-hydrogen) atoms. The van der Waals surface area contributed by atoms with Crippen LogP contribution in [-0.4, -0.2) is 4.98 Å². The summed E-state index contributed by atoms with van der Waals surface area (Å²) in [6.07, 6.45) is 1.40. The van der Waals surface area contributed by atoms with E-state index in [1.54, 1.807) is 0 Å². The number of halogens is 4. The van der Waals surface area contributed by atoms with Gasteiger partial charge in [-0.2, -0.15) is 0 Å². The molecule has 0 radical (unpaired) electrons. The van der Waals surface area contributed by atoms with E-state index in [1.807, 2.05) is 0 Å². The van der Waals surface area contributed by atoms with Crippen molar-refractivity contribution in [2.24, 2.45) is 0 Å². The summed E-state index contributed by atoms with van der Waals surface area (Å²) in [4.78, 5) is 4.45. The van der Waals surface area contributed by atoms with Crippen LogP contribution >= 0.6 is 47.4 Å². The van der Waals surface area contributed by atoms with E-state index in [0.717, 1.165) is 0 Å². The highest BCUT2D eigenvalue weighted by atomic mass is 35.5. The second-order valence-corrected chi connectivity index (χ2v) is 5.00. The Morgan fingerprint density at radius 1 is 1.06 bits per heavy atom. The van der Waals surface area contributed by atoms with Gasteiger partial charge in [-0.1, -0.05) is 34.8 Å². The minimum atomic E-state index is -0.510. The van der Waals surface area contributed by atoms with E-state index < -0.39 is 5.82 Å². The zero-order chi connectivity index (χ0) is 12.6. The van der Waals surface area contributed by atoms with Gasteiger partial charge >= 0.3 is 0 Å². The van der Waals surface area contributed by atoms with E-state index in [0.29, 0.717) is 15.6 Å². The van der Waals surface area contributed by atoms with Gasteiger partial charge in [-0.25, -0.2) is 4.39 Å². The molecule has 0 fully saturated rings. The summed E-state index contributed by atoms with van der Waals surface area (Å²) in [5.74, 6) is -0.510. The topological polar surface area (TPSA) is 12.9 Å². The highest BCUT2D eigenvalue weighted by molar-refractivity contribution is 7.80. The summed E-state index contributed by atoms with van der Waals surface area (Å²) in [5, 5.41) is 0.894. The van der Waals surface area contributed by atoms with Gasteiger partial charge in [0.15, 0.2) is 0 Å². The van der Waals surface area contributed by atoms with Crippen molar-refractivity contribution in [1.29, 1.82) is 0 Å². The number of nitrogens with zero attached hydrogens (tertiary/aromatic N) is 1. The fourth-order valence-corrected chi connectivity index (χ4v) is 2.16. The maximum absolute atomic E-state index is 13.7. The third-order valence-electron chi connectivity index (χ3n) is 2.10. The highest BCUT2D eigenvalue weighted by Gasteiger charge is 2.13. The second-order valence-electron chi connectivity index (χ2n) is 3.27. The van der Waals surface area contributed by atoms with Crippen LogP contribution in [0.3, 0.4) is 0 Å². The predicted octanol–water partition coefficient (Wildman–Crippen LogP) is 5.14. The molecule has 0 saturated carbocycles. The van der Waals surface area contributed by atoms with Crippen molar-refractivity contribution in [3.63, 3.8) is 0 Å². The van der Waals surface area contributed by atoms with Crippen molar-refractivity contribution in [1.82, 2.24) is 4.98 Å². The monoisotopic (exact) mass is 307 g/mol. The van der Waals surface area contributed by atoms with E-state index in [2.05, 4.69) is 17.6 Å². The van der Waals surface area contributed by atoms with Gasteiger partial charge in [0.05, 0.1) is 20.8 Å². The first-order valence-corrected chi connectivity index (χ1v) is 6.06. The maximum atomic E-state index is 13.7. The Kier molecular flexibility index (Phi) is 3.83. The van der Waals surface area contributed by atoms with Crippen LogP contribution in [0.1, 0.15) is 0 Å². The van der Waals surface area contributed by atoms with Gasteiger partial charge in [0.1, 0.15) is 5.82 Å². The molecule has 0 spiro atoms. The summed E-state index contributed by atoms with van der Waals surface area (Å²) >= 11 is 21.6. The largest absolute Gasteiger partial charge is 0.253 e. The Bertz CT molecular complexity index is 589. The molecular formula is C11H5Cl3FNS. The first kappa shape index (κ1) is 13.0. The van der Waals surface area contributed by atoms with Crippen LogP contribution in [0.15, 0.2) is 29.3 Å². The Labute approximate surface area is 118 Å². The van der Waals surface area contributed by atoms with E-state index in [9.17, 15) is 4.39 Å². The van der Waals surface area contributed by atoms with Gasteiger partial charge in [-0.3, -0.25) is 4.98 Å². The molecule has 1 aromatic carbocycles. The van der Waals surface area contributed by atoms with Crippen LogP contribution in [0, 0.1) is 5.82 Å². The molecule has 1 heterocycles.